The minimum atomic E-state index is -0.381. The van der Waals surface area contributed by atoms with Crippen molar-refractivity contribution < 1.29 is 23.8 Å². The predicted molar refractivity (Wildman–Crippen MR) is 179 cm³/mol. The molecule has 0 aromatic heterocycles. The van der Waals surface area contributed by atoms with E-state index < -0.39 is 0 Å². The number of rotatable bonds is 26. The summed E-state index contributed by atoms with van der Waals surface area (Å²) in [4.78, 5) is 25.4. The summed E-state index contributed by atoms with van der Waals surface area (Å²) in [6.07, 6.45) is 24.9. The third-order valence-electron chi connectivity index (χ3n) is 8.11. The van der Waals surface area contributed by atoms with E-state index in [4.69, 9.17) is 14.2 Å². The van der Waals surface area contributed by atoms with Crippen LogP contribution >= 0.6 is 0 Å². The standard InChI is InChI=1S/C38H60O5/c1-4-7-10-11-12-13-14-15-16-17-18-19-20-21-22-23-28-41-36-31-32-24-25-33(37(39)42-26-8-5-2)29-34(32)30-35(36)38(40)43-27-9-6-3/h24-25,29-31H,4-23,26-28H2,1-3H3. The Labute approximate surface area is 262 Å². The van der Waals surface area contributed by atoms with Gasteiger partial charge in [-0.1, -0.05) is 136 Å². The van der Waals surface area contributed by atoms with Gasteiger partial charge in [0.15, 0.2) is 0 Å². The van der Waals surface area contributed by atoms with Crippen molar-refractivity contribution in [3.8, 4) is 5.75 Å². The molecule has 0 aliphatic rings. The topological polar surface area (TPSA) is 61.8 Å². The Morgan fingerprint density at radius 1 is 0.488 bits per heavy atom. The van der Waals surface area contributed by atoms with Gasteiger partial charge in [0.25, 0.3) is 0 Å². The summed E-state index contributed by atoms with van der Waals surface area (Å²) >= 11 is 0. The van der Waals surface area contributed by atoms with Crippen LogP contribution in [0, 0.1) is 0 Å². The molecule has 2 aromatic rings. The molecule has 0 atom stereocenters. The third-order valence-corrected chi connectivity index (χ3v) is 8.11. The van der Waals surface area contributed by atoms with Gasteiger partial charge in [0, 0.05) is 0 Å². The van der Waals surface area contributed by atoms with Crippen molar-refractivity contribution in [2.24, 2.45) is 0 Å². The lowest BCUT2D eigenvalue weighted by atomic mass is 10.0. The molecular weight excluding hydrogens is 536 g/mol. The molecular formula is C38H60O5. The Morgan fingerprint density at radius 2 is 0.977 bits per heavy atom. The smallest absolute Gasteiger partial charge is 0.341 e. The second-order valence-corrected chi connectivity index (χ2v) is 12.0. The highest BCUT2D eigenvalue weighted by molar-refractivity contribution is 6.01. The van der Waals surface area contributed by atoms with Crippen molar-refractivity contribution in [2.75, 3.05) is 19.8 Å². The molecule has 0 spiro atoms. The number of benzene rings is 2. The lowest BCUT2D eigenvalue weighted by Gasteiger charge is -2.14. The zero-order valence-electron chi connectivity index (χ0n) is 27.7. The Hall–Kier alpha value is -2.56. The van der Waals surface area contributed by atoms with E-state index in [0.29, 0.717) is 36.7 Å². The second-order valence-electron chi connectivity index (χ2n) is 12.0. The molecule has 2 rings (SSSR count). The van der Waals surface area contributed by atoms with Crippen molar-refractivity contribution in [3.05, 3.63) is 41.5 Å². The summed E-state index contributed by atoms with van der Waals surface area (Å²) in [5.74, 6) is -0.173. The molecule has 0 aliphatic heterocycles. The summed E-state index contributed by atoms with van der Waals surface area (Å²) < 4.78 is 17.0. The maximum Gasteiger partial charge on any atom is 0.341 e. The quantitative estimate of drug-likeness (QED) is 0.0798. The zero-order valence-corrected chi connectivity index (χ0v) is 27.7. The molecule has 0 fully saturated rings. The van der Waals surface area contributed by atoms with Crippen LogP contribution in [0.2, 0.25) is 0 Å². The lowest BCUT2D eigenvalue weighted by molar-refractivity contribution is 0.0488. The van der Waals surface area contributed by atoms with Crippen molar-refractivity contribution in [1.29, 1.82) is 0 Å². The van der Waals surface area contributed by atoms with E-state index >= 15 is 0 Å². The molecule has 5 nitrogen and oxygen atoms in total. The van der Waals surface area contributed by atoms with E-state index in [2.05, 4.69) is 20.8 Å². The number of carbonyl (C=O) groups is 2. The van der Waals surface area contributed by atoms with Crippen LogP contribution in [0.4, 0.5) is 0 Å². The summed E-state index contributed by atoms with van der Waals surface area (Å²) in [6.45, 7) is 7.77. The van der Waals surface area contributed by atoms with E-state index in [1.165, 1.54) is 89.9 Å². The van der Waals surface area contributed by atoms with E-state index in [0.717, 1.165) is 49.3 Å². The van der Waals surface area contributed by atoms with Gasteiger partial charge in [-0.2, -0.15) is 0 Å². The molecule has 0 radical (unpaired) electrons. The molecule has 5 heteroatoms. The molecule has 0 amide bonds. The number of unbranched alkanes of at least 4 members (excludes halogenated alkanes) is 17. The first-order chi connectivity index (χ1) is 21.1. The minimum absolute atomic E-state index is 0.341. The summed E-state index contributed by atoms with van der Waals surface area (Å²) in [6, 6.07) is 9.13. The Morgan fingerprint density at radius 3 is 1.51 bits per heavy atom. The number of hydrogen-bond donors (Lipinski definition) is 0. The molecule has 0 bridgehead atoms. The molecule has 242 valence electrons. The maximum atomic E-state index is 13.0. The molecule has 0 heterocycles. The zero-order chi connectivity index (χ0) is 31.0. The second kappa shape index (κ2) is 23.8. The van der Waals surface area contributed by atoms with Crippen molar-refractivity contribution in [2.45, 2.75) is 149 Å². The Balaban J connectivity index is 1.75. The van der Waals surface area contributed by atoms with E-state index in [9.17, 15) is 9.59 Å². The Bertz CT molecular complexity index is 1030. The van der Waals surface area contributed by atoms with Crippen molar-refractivity contribution >= 4 is 22.7 Å². The van der Waals surface area contributed by atoms with Gasteiger partial charge in [-0.15, -0.1) is 0 Å². The minimum Gasteiger partial charge on any atom is -0.493 e. The van der Waals surface area contributed by atoms with Gasteiger partial charge in [0.05, 0.1) is 25.4 Å². The van der Waals surface area contributed by atoms with Gasteiger partial charge in [0.2, 0.25) is 0 Å². The number of ether oxygens (including phenoxy) is 3. The first-order valence-electron chi connectivity index (χ1n) is 17.7. The normalized spacial score (nSPS) is 11.1. The fraction of sp³-hybridized carbons (Fsp3) is 0.684. The molecule has 43 heavy (non-hydrogen) atoms. The summed E-state index contributed by atoms with van der Waals surface area (Å²) in [5, 5.41) is 1.71. The highest BCUT2D eigenvalue weighted by Gasteiger charge is 2.17. The van der Waals surface area contributed by atoms with Gasteiger partial charge in [-0.3, -0.25) is 0 Å². The van der Waals surface area contributed by atoms with E-state index in [1.807, 2.05) is 12.1 Å². The van der Waals surface area contributed by atoms with Gasteiger partial charge in [-0.05, 0) is 54.3 Å². The van der Waals surface area contributed by atoms with Gasteiger partial charge >= 0.3 is 11.9 Å². The predicted octanol–water partition coefficient (Wildman–Crippen LogP) is 11.4. The third kappa shape index (κ3) is 15.6. The molecule has 0 unspecified atom stereocenters. The monoisotopic (exact) mass is 596 g/mol. The molecule has 0 aliphatic carbocycles. The van der Waals surface area contributed by atoms with E-state index in [1.54, 1.807) is 18.2 Å². The molecule has 2 aromatic carbocycles. The van der Waals surface area contributed by atoms with E-state index in [-0.39, 0.29) is 11.9 Å². The molecule has 0 saturated heterocycles. The van der Waals surface area contributed by atoms with Crippen LogP contribution in [0.15, 0.2) is 30.3 Å². The number of carbonyl (C=O) groups excluding carboxylic acids is 2. The Kier molecular flexibility index (Phi) is 20.3. The van der Waals surface area contributed by atoms with Crippen LogP contribution in [0.25, 0.3) is 10.8 Å². The number of hydrogen-bond acceptors (Lipinski definition) is 5. The highest BCUT2D eigenvalue weighted by Crippen LogP contribution is 2.29. The first kappa shape index (κ1) is 36.6. The van der Waals surface area contributed by atoms with Crippen molar-refractivity contribution in [1.82, 2.24) is 0 Å². The van der Waals surface area contributed by atoms with Crippen LogP contribution in [-0.2, 0) is 9.47 Å². The highest BCUT2D eigenvalue weighted by atomic mass is 16.5. The van der Waals surface area contributed by atoms with Crippen LogP contribution < -0.4 is 4.74 Å². The van der Waals surface area contributed by atoms with Crippen LogP contribution in [0.5, 0.6) is 5.75 Å². The summed E-state index contributed by atoms with van der Waals surface area (Å²) in [5.41, 5.74) is 0.896. The first-order valence-corrected chi connectivity index (χ1v) is 17.7. The maximum absolute atomic E-state index is 13.0. The van der Waals surface area contributed by atoms with Gasteiger partial charge in [0.1, 0.15) is 11.3 Å². The largest absolute Gasteiger partial charge is 0.493 e. The fourth-order valence-electron chi connectivity index (χ4n) is 5.29. The van der Waals surface area contributed by atoms with Gasteiger partial charge in [-0.25, -0.2) is 9.59 Å². The molecule has 0 saturated carbocycles. The number of esters is 2. The average Bonchev–Trinajstić information content (AvgIpc) is 3.02. The van der Waals surface area contributed by atoms with Crippen molar-refractivity contribution in [3.63, 3.8) is 0 Å². The average molecular weight is 597 g/mol. The fourth-order valence-corrected chi connectivity index (χ4v) is 5.29. The van der Waals surface area contributed by atoms with Crippen LogP contribution in [-0.4, -0.2) is 31.8 Å². The lowest BCUT2D eigenvalue weighted by Crippen LogP contribution is -2.10. The summed E-state index contributed by atoms with van der Waals surface area (Å²) in [7, 11) is 0. The molecule has 0 N–H and O–H groups in total. The SMILES string of the molecule is CCCCCCCCCCCCCCCCCCOc1cc2ccc(C(=O)OCCCC)cc2cc1C(=O)OCCCC. The van der Waals surface area contributed by atoms with Crippen LogP contribution in [0.1, 0.15) is 170 Å². The number of fused-ring (bicyclic) bond motifs is 1. The van der Waals surface area contributed by atoms with Gasteiger partial charge < -0.3 is 14.2 Å². The van der Waals surface area contributed by atoms with Crippen LogP contribution in [0.3, 0.4) is 0 Å².